The molecule has 4 nitrogen and oxygen atoms in total. The molecule has 0 aliphatic heterocycles. The van der Waals surface area contributed by atoms with E-state index in [-0.39, 0.29) is 17.9 Å². The molecule has 0 aromatic heterocycles. The SMILES string of the molecule is Cc1c(O)cc(O)cc1C=CCCCCCC(=O)O. The van der Waals surface area contributed by atoms with Crippen LogP contribution in [0.1, 0.15) is 43.2 Å². The van der Waals surface area contributed by atoms with Crippen LogP contribution in [0.2, 0.25) is 0 Å². The first-order valence-corrected chi connectivity index (χ1v) is 6.41. The van der Waals surface area contributed by atoms with E-state index in [1.54, 1.807) is 13.0 Å². The van der Waals surface area contributed by atoms with E-state index >= 15 is 0 Å². The molecule has 1 aromatic carbocycles. The Labute approximate surface area is 113 Å². The topological polar surface area (TPSA) is 77.8 Å². The second-order valence-electron chi connectivity index (χ2n) is 4.57. The Morgan fingerprint density at radius 1 is 1.21 bits per heavy atom. The summed E-state index contributed by atoms with van der Waals surface area (Å²) in [6, 6.07) is 2.93. The third-order valence-corrected chi connectivity index (χ3v) is 2.96. The average Bonchev–Trinajstić information content (AvgIpc) is 2.33. The summed E-state index contributed by atoms with van der Waals surface area (Å²) in [6.45, 7) is 1.79. The second-order valence-corrected chi connectivity index (χ2v) is 4.57. The van der Waals surface area contributed by atoms with Gasteiger partial charge in [0.15, 0.2) is 0 Å². The van der Waals surface area contributed by atoms with E-state index in [1.165, 1.54) is 6.07 Å². The minimum Gasteiger partial charge on any atom is -0.508 e. The quantitative estimate of drug-likeness (QED) is 0.659. The number of carbonyl (C=O) groups is 1. The van der Waals surface area contributed by atoms with Crippen LogP contribution in [0.25, 0.3) is 6.08 Å². The van der Waals surface area contributed by atoms with Crippen LogP contribution < -0.4 is 0 Å². The lowest BCUT2D eigenvalue weighted by Gasteiger charge is -2.04. The normalized spacial score (nSPS) is 11.0. The molecule has 19 heavy (non-hydrogen) atoms. The van der Waals surface area contributed by atoms with Gasteiger partial charge >= 0.3 is 5.97 Å². The van der Waals surface area contributed by atoms with E-state index in [4.69, 9.17) is 5.11 Å². The monoisotopic (exact) mass is 264 g/mol. The Morgan fingerprint density at radius 3 is 2.63 bits per heavy atom. The molecule has 3 N–H and O–H groups in total. The van der Waals surface area contributed by atoms with E-state index in [9.17, 15) is 15.0 Å². The lowest BCUT2D eigenvalue weighted by Crippen LogP contribution is -1.93. The summed E-state index contributed by atoms with van der Waals surface area (Å²) in [4.78, 5) is 10.3. The Kier molecular flexibility index (Phi) is 5.93. The molecular weight excluding hydrogens is 244 g/mol. The zero-order valence-corrected chi connectivity index (χ0v) is 11.1. The number of allylic oxidation sites excluding steroid dienone is 1. The molecule has 0 saturated heterocycles. The number of carboxylic acid groups (broad SMARTS) is 1. The van der Waals surface area contributed by atoms with Crippen molar-refractivity contribution in [3.63, 3.8) is 0 Å². The van der Waals surface area contributed by atoms with Crippen molar-refractivity contribution in [1.29, 1.82) is 0 Å². The van der Waals surface area contributed by atoms with Gasteiger partial charge in [-0.15, -0.1) is 0 Å². The molecule has 0 bridgehead atoms. The van der Waals surface area contributed by atoms with Crippen molar-refractivity contribution in [1.82, 2.24) is 0 Å². The highest BCUT2D eigenvalue weighted by Gasteiger charge is 2.03. The number of hydrogen-bond donors (Lipinski definition) is 3. The summed E-state index contributed by atoms with van der Waals surface area (Å²) >= 11 is 0. The third-order valence-electron chi connectivity index (χ3n) is 2.96. The molecule has 0 heterocycles. The Bertz CT molecular complexity index is 463. The number of phenols is 2. The summed E-state index contributed by atoms with van der Waals surface area (Å²) < 4.78 is 0. The van der Waals surface area contributed by atoms with E-state index < -0.39 is 5.97 Å². The van der Waals surface area contributed by atoms with Crippen LogP contribution in [0.3, 0.4) is 0 Å². The van der Waals surface area contributed by atoms with Crippen LogP contribution in [-0.2, 0) is 4.79 Å². The van der Waals surface area contributed by atoms with Gasteiger partial charge in [0.25, 0.3) is 0 Å². The highest BCUT2D eigenvalue weighted by atomic mass is 16.4. The maximum Gasteiger partial charge on any atom is 0.303 e. The molecule has 4 heteroatoms. The highest BCUT2D eigenvalue weighted by molar-refractivity contribution is 5.66. The first-order chi connectivity index (χ1) is 9.00. The maximum absolute atomic E-state index is 10.3. The van der Waals surface area contributed by atoms with Crippen molar-refractivity contribution < 1.29 is 20.1 Å². The molecule has 0 atom stereocenters. The summed E-state index contributed by atoms with van der Waals surface area (Å²) in [5, 5.41) is 27.4. The number of carboxylic acids is 1. The Morgan fingerprint density at radius 2 is 1.95 bits per heavy atom. The van der Waals surface area contributed by atoms with Crippen LogP contribution >= 0.6 is 0 Å². The molecule has 0 amide bonds. The van der Waals surface area contributed by atoms with Crippen LogP contribution in [0.5, 0.6) is 11.5 Å². The van der Waals surface area contributed by atoms with Gasteiger partial charge in [0.05, 0.1) is 0 Å². The fourth-order valence-electron chi connectivity index (χ4n) is 1.80. The van der Waals surface area contributed by atoms with Crippen molar-refractivity contribution in [2.75, 3.05) is 0 Å². The van der Waals surface area contributed by atoms with Crippen LogP contribution in [0.15, 0.2) is 18.2 Å². The number of benzene rings is 1. The standard InChI is InChI=1S/C15H20O4/c1-11-12(9-13(16)10-14(11)17)7-5-3-2-4-6-8-15(18)19/h5,7,9-10,16-17H,2-4,6,8H2,1H3,(H,18,19). The molecule has 104 valence electrons. The smallest absolute Gasteiger partial charge is 0.303 e. The zero-order chi connectivity index (χ0) is 14.3. The van der Waals surface area contributed by atoms with Gasteiger partial charge in [-0.3, -0.25) is 4.79 Å². The van der Waals surface area contributed by atoms with E-state index in [1.807, 2.05) is 12.2 Å². The third kappa shape index (κ3) is 5.46. The number of hydrogen-bond acceptors (Lipinski definition) is 3. The fraction of sp³-hybridized carbons (Fsp3) is 0.400. The molecule has 1 rings (SSSR count). The highest BCUT2D eigenvalue weighted by Crippen LogP contribution is 2.27. The van der Waals surface area contributed by atoms with Gasteiger partial charge < -0.3 is 15.3 Å². The van der Waals surface area contributed by atoms with Crippen LogP contribution in [0.4, 0.5) is 0 Å². The summed E-state index contributed by atoms with van der Waals surface area (Å²) in [7, 11) is 0. The molecule has 0 spiro atoms. The number of phenolic OH excluding ortho intramolecular Hbond substituents is 2. The summed E-state index contributed by atoms with van der Waals surface area (Å²) in [5.74, 6) is -0.619. The van der Waals surface area contributed by atoms with Crippen molar-refractivity contribution in [2.45, 2.75) is 39.0 Å². The minimum absolute atomic E-state index is 0.0456. The number of rotatable bonds is 7. The lowest BCUT2D eigenvalue weighted by molar-refractivity contribution is -0.137. The van der Waals surface area contributed by atoms with Gasteiger partial charge in [0.1, 0.15) is 11.5 Å². The van der Waals surface area contributed by atoms with Crippen LogP contribution in [0, 0.1) is 6.92 Å². The van der Waals surface area contributed by atoms with Crippen molar-refractivity contribution in [3.05, 3.63) is 29.3 Å². The molecular formula is C15H20O4. The molecule has 0 saturated carbocycles. The first kappa shape index (κ1) is 15.1. The van der Waals surface area contributed by atoms with Gasteiger partial charge in [0.2, 0.25) is 0 Å². The van der Waals surface area contributed by atoms with Crippen molar-refractivity contribution in [3.8, 4) is 11.5 Å². The average molecular weight is 264 g/mol. The predicted octanol–water partition coefficient (Wildman–Crippen LogP) is 3.45. The van der Waals surface area contributed by atoms with Crippen molar-refractivity contribution >= 4 is 12.0 Å². The minimum atomic E-state index is -0.749. The molecule has 0 aliphatic rings. The fourth-order valence-corrected chi connectivity index (χ4v) is 1.80. The molecule has 0 aliphatic carbocycles. The van der Waals surface area contributed by atoms with E-state index in [0.29, 0.717) is 6.42 Å². The van der Waals surface area contributed by atoms with Crippen LogP contribution in [-0.4, -0.2) is 21.3 Å². The van der Waals surface area contributed by atoms with Gasteiger partial charge in [-0.25, -0.2) is 0 Å². The number of aromatic hydroxyl groups is 2. The Balaban J connectivity index is 2.39. The predicted molar refractivity (Wildman–Crippen MR) is 74.3 cm³/mol. The molecule has 1 aromatic rings. The lowest BCUT2D eigenvalue weighted by atomic mass is 10.1. The second kappa shape index (κ2) is 7.46. The first-order valence-electron chi connectivity index (χ1n) is 6.41. The maximum atomic E-state index is 10.3. The molecule has 0 fully saturated rings. The van der Waals surface area contributed by atoms with E-state index in [2.05, 4.69) is 0 Å². The van der Waals surface area contributed by atoms with E-state index in [0.717, 1.165) is 30.4 Å². The summed E-state index contributed by atoms with van der Waals surface area (Å²) in [5.41, 5.74) is 1.53. The molecule has 0 unspecified atom stereocenters. The molecule has 0 radical (unpaired) electrons. The zero-order valence-electron chi connectivity index (χ0n) is 11.1. The van der Waals surface area contributed by atoms with Gasteiger partial charge in [-0.05, 0) is 43.4 Å². The van der Waals surface area contributed by atoms with Crippen molar-refractivity contribution in [2.24, 2.45) is 0 Å². The summed E-state index contributed by atoms with van der Waals surface area (Å²) in [6.07, 6.45) is 7.45. The Hall–Kier alpha value is -1.97. The van der Waals surface area contributed by atoms with Gasteiger partial charge in [-0.2, -0.15) is 0 Å². The number of unbranched alkanes of at least 4 members (excludes halogenated alkanes) is 3. The van der Waals surface area contributed by atoms with Gasteiger partial charge in [0, 0.05) is 12.5 Å². The van der Waals surface area contributed by atoms with Gasteiger partial charge in [-0.1, -0.05) is 18.6 Å². The largest absolute Gasteiger partial charge is 0.508 e. The number of aliphatic carboxylic acids is 1.